The Kier molecular flexibility index (Phi) is 7.10. The van der Waals surface area contributed by atoms with Crippen LogP contribution >= 0.6 is 0 Å². The highest BCUT2D eigenvalue weighted by molar-refractivity contribution is 7.21. The van der Waals surface area contributed by atoms with E-state index in [2.05, 4.69) is 163 Å². The van der Waals surface area contributed by atoms with Crippen LogP contribution in [0.15, 0.2) is 194 Å². The molecule has 2 heterocycles. The molecular weight excluding hydrogens is 613 g/mol. The Bertz CT molecular complexity index is 2230. The summed E-state index contributed by atoms with van der Waals surface area (Å²) in [6, 6.07) is 69.4. The van der Waals surface area contributed by atoms with Gasteiger partial charge in [-0.2, -0.15) is 10.4 Å². The number of nitrogens with zero attached hydrogens (tertiary/aromatic N) is 4. The number of fused-ring (bicyclic) bond motifs is 2. The number of benzene rings is 7. The molecule has 0 aliphatic carbocycles. The van der Waals surface area contributed by atoms with Crippen molar-refractivity contribution in [3.63, 3.8) is 0 Å². The summed E-state index contributed by atoms with van der Waals surface area (Å²) in [4.78, 5) is 7.50. The molecule has 0 fully saturated rings. The lowest BCUT2D eigenvalue weighted by Crippen LogP contribution is -2.77. The zero-order valence-corrected chi connectivity index (χ0v) is 27.8. The van der Waals surface area contributed by atoms with Crippen LogP contribution in [0.3, 0.4) is 0 Å². The maximum Gasteiger partial charge on any atom is 0.182 e. The molecule has 0 bridgehead atoms. The van der Waals surface area contributed by atoms with Crippen LogP contribution in [0.1, 0.15) is 0 Å². The van der Waals surface area contributed by atoms with E-state index >= 15 is 0 Å². The van der Waals surface area contributed by atoms with Crippen LogP contribution in [-0.4, -0.2) is 22.8 Å². The van der Waals surface area contributed by atoms with Gasteiger partial charge in [0.05, 0.1) is 5.69 Å². The second-order valence-corrected chi connectivity index (χ2v) is 16.0. The Morgan fingerprint density at radius 2 is 0.857 bits per heavy atom. The van der Waals surface area contributed by atoms with E-state index in [-0.39, 0.29) is 0 Å². The summed E-state index contributed by atoms with van der Waals surface area (Å²) in [5.41, 5.74) is 6.48. The first-order valence-electron chi connectivity index (χ1n) is 16.6. The van der Waals surface area contributed by atoms with E-state index in [0.717, 1.165) is 28.3 Å². The Balaban J connectivity index is 1.19. The van der Waals surface area contributed by atoms with Gasteiger partial charge in [0.1, 0.15) is 0 Å². The minimum atomic E-state index is -2.65. The zero-order valence-electron chi connectivity index (χ0n) is 26.8. The summed E-state index contributed by atoms with van der Waals surface area (Å²) in [5.74, 6) is 1.50. The van der Waals surface area contributed by atoms with E-state index in [1.807, 2.05) is 41.1 Å². The molecule has 4 nitrogen and oxygen atoms in total. The fraction of sp³-hybridized carbons (Fsp3) is 0. The minimum absolute atomic E-state index is 0.688. The number of anilines is 3. The fourth-order valence-corrected chi connectivity index (χ4v) is 12.5. The highest BCUT2D eigenvalue weighted by Gasteiger charge is 2.37. The quantitative estimate of drug-likeness (QED) is 0.174. The molecule has 0 radical (unpaired) electrons. The number of rotatable bonds is 6. The van der Waals surface area contributed by atoms with Crippen LogP contribution in [0.25, 0.3) is 28.5 Å². The van der Waals surface area contributed by atoms with Gasteiger partial charge in [0.25, 0.3) is 0 Å². The van der Waals surface area contributed by atoms with Gasteiger partial charge in [-0.1, -0.05) is 146 Å². The van der Waals surface area contributed by atoms with Gasteiger partial charge in [-0.05, 0) is 56.6 Å². The van der Waals surface area contributed by atoms with Gasteiger partial charge < -0.3 is 4.90 Å². The molecule has 0 saturated heterocycles. The molecule has 1 aliphatic rings. The van der Waals surface area contributed by atoms with Crippen LogP contribution in [0, 0.1) is 0 Å². The van der Waals surface area contributed by atoms with Crippen molar-refractivity contribution in [1.82, 2.24) is 14.8 Å². The molecule has 0 spiro atoms. The van der Waals surface area contributed by atoms with Crippen molar-refractivity contribution in [2.24, 2.45) is 0 Å². The Hall–Kier alpha value is -6.30. The van der Waals surface area contributed by atoms with Crippen molar-refractivity contribution < 1.29 is 0 Å². The standard InChI is InChI=1S/C44H32N4Si/c1-5-17-34(18-6-1)44-45-43(46-48(44)36-19-7-2-8-20-36)33-29-31-35(32-30-33)47-39-25-13-15-27-41(39)49(37-21-9-3-10-22-37,38-23-11-4-12-24-38)42-28-16-14-26-40(42)47/h1-32H/q-1. The lowest BCUT2D eigenvalue weighted by Gasteiger charge is -2.54. The van der Waals surface area contributed by atoms with Crippen molar-refractivity contribution in [3.05, 3.63) is 194 Å². The molecule has 7 aromatic carbocycles. The third kappa shape index (κ3) is 4.74. The number of para-hydroxylation sites is 3. The largest absolute Gasteiger partial charge is 0.316 e. The monoisotopic (exact) mass is 644 g/mol. The van der Waals surface area contributed by atoms with Crippen molar-refractivity contribution in [1.29, 1.82) is 0 Å². The van der Waals surface area contributed by atoms with Crippen molar-refractivity contribution in [2.75, 3.05) is 4.90 Å². The topological polar surface area (TPSA) is 34.0 Å². The average Bonchev–Trinajstić information content (AvgIpc) is 3.64. The molecule has 8 aromatic rings. The van der Waals surface area contributed by atoms with Gasteiger partial charge >= 0.3 is 0 Å². The SMILES string of the molecule is c1ccc(-c2nc(-c3ccc(N4c5ccccc5[Si-](c5ccccc5)(c5ccccc5)c5ccccc54)cc3)nn2-c2ccccc2)cc1. The van der Waals surface area contributed by atoms with E-state index in [9.17, 15) is 0 Å². The molecule has 0 amide bonds. The Morgan fingerprint density at radius 1 is 0.388 bits per heavy atom. The van der Waals surface area contributed by atoms with E-state index in [1.54, 1.807) is 0 Å². The number of hydrogen-bond acceptors (Lipinski definition) is 3. The molecule has 9 rings (SSSR count). The first-order chi connectivity index (χ1) is 24.3. The number of aromatic nitrogens is 3. The molecule has 0 atom stereocenters. The first kappa shape index (κ1) is 28.9. The molecule has 233 valence electrons. The van der Waals surface area contributed by atoms with E-state index in [1.165, 1.54) is 32.1 Å². The van der Waals surface area contributed by atoms with E-state index < -0.39 is 8.07 Å². The van der Waals surface area contributed by atoms with E-state index in [4.69, 9.17) is 10.1 Å². The summed E-state index contributed by atoms with van der Waals surface area (Å²) < 4.78 is 1.94. The molecule has 1 aliphatic heterocycles. The van der Waals surface area contributed by atoms with Gasteiger partial charge in [0, 0.05) is 28.2 Å². The summed E-state index contributed by atoms with van der Waals surface area (Å²) in [7, 11) is -2.65. The van der Waals surface area contributed by atoms with E-state index in [0.29, 0.717) is 5.82 Å². The molecule has 49 heavy (non-hydrogen) atoms. The molecular formula is C44H32N4Si-. The van der Waals surface area contributed by atoms with Gasteiger partial charge in [-0.15, -0.1) is 15.5 Å². The molecule has 1 aromatic heterocycles. The second kappa shape index (κ2) is 12.1. The van der Waals surface area contributed by atoms with Crippen LogP contribution in [0.2, 0.25) is 0 Å². The molecule has 5 heteroatoms. The maximum absolute atomic E-state index is 5.07. The van der Waals surface area contributed by atoms with Crippen molar-refractivity contribution in [2.45, 2.75) is 0 Å². The van der Waals surface area contributed by atoms with Crippen LogP contribution in [-0.2, 0) is 0 Å². The highest BCUT2D eigenvalue weighted by atomic mass is 28.3. The van der Waals surface area contributed by atoms with Gasteiger partial charge in [0.15, 0.2) is 11.6 Å². The van der Waals surface area contributed by atoms with Gasteiger partial charge in [-0.25, -0.2) is 9.67 Å². The van der Waals surface area contributed by atoms with Crippen molar-refractivity contribution in [3.8, 4) is 28.5 Å². The lowest BCUT2D eigenvalue weighted by molar-refractivity contribution is 0.890. The third-order valence-electron chi connectivity index (χ3n) is 9.54. The molecule has 0 saturated carbocycles. The Labute approximate surface area is 287 Å². The van der Waals surface area contributed by atoms with Crippen molar-refractivity contribution >= 4 is 45.9 Å². The van der Waals surface area contributed by atoms with Gasteiger partial charge in [0.2, 0.25) is 0 Å². The second-order valence-electron chi connectivity index (χ2n) is 12.3. The average molecular weight is 645 g/mol. The smallest absolute Gasteiger partial charge is 0.182 e. The first-order valence-corrected chi connectivity index (χ1v) is 18.6. The summed E-state index contributed by atoms with van der Waals surface area (Å²) in [5, 5.41) is 10.5. The summed E-state index contributed by atoms with van der Waals surface area (Å²) in [6.07, 6.45) is 0. The summed E-state index contributed by atoms with van der Waals surface area (Å²) >= 11 is 0. The number of hydrogen-bond donors (Lipinski definition) is 0. The minimum Gasteiger partial charge on any atom is -0.316 e. The fourth-order valence-electron chi connectivity index (χ4n) is 7.41. The predicted molar refractivity (Wildman–Crippen MR) is 204 cm³/mol. The molecule has 0 N–H and O–H groups in total. The van der Waals surface area contributed by atoms with Crippen LogP contribution < -0.4 is 25.6 Å². The maximum atomic E-state index is 5.07. The summed E-state index contributed by atoms with van der Waals surface area (Å²) in [6.45, 7) is 0. The predicted octanol–water partition coefficient (Wildman–Crippen LogP) is 7.76. The zero-order chi connectivity index (χ0) is 32.6. The lowest BCUT2D eigenvalue weighted by atomic mass is 10.1. The normalized spacial score (nSPS) is 13.0. The molecule has 0 unspecified atom stereocenters. The third-order valence-corrected chi connectivity index (χ3v) is 14.4. The highest BCUT2D eigenvalue weighted by Crippen LogP contribution is 2.39. The Morgan fingerprint density at radius 3 is 1.41 bits per heavy atom. The van der Waals surface area contributed by atoms with Gasteiger partial charge in [-0.3, -0.25) is 0 Å². The van der Waals surface area contributed by atoms with Crippen LogP contribution in [0.5, 0.6) is 0 Å². The van der Waals surface area contributed by atoms with Crippen LogP contribution in [0.4, 0.5) is 17.1 Å².